The number of benzene rings is 2. The molecule has 0 fully saturated rings. The zero-order chi connectivity index (χ0) is 18.0. The van der Waals surface area contributed by atoms with Crippen LogP contribution in [-0.4, -0.2) is 0 Å². The first-order valence-electron chi connectivity index (χ1n) is 7.72. The highest BCUT2D eigenvalue weighted by molar-refractivity contribution is 6.31. The van der Waals surface area contributed by atoms with Crippen LogP contribution in [0.25, 0.3) is 11.1 Å². The molecule has 0 N–H and O–H groups in total. The zero-order valence-corrected chi connectivity index (χ0v) is 14.2. The molecule has 4 heteroatoms. The van der Waals surface area contributed by atoms with Gasteiger partial charge in [-0.25, -0.2) is 8.78 Å². The second-order valence-electron chi connectivity index (χ2n) is 5.80. The van der Waals surface area contributed by atoms with E-state index >= 15 is 0 Å². The van der Waals surface area contributed by atoms with Gasteiger partial charge < -0.3 is 0 Å². The lowest BCUT2D eigenvalue weighted by Crippen LogP contribution is -1.92. The molecular formula is C21H14ClF2N. The van der Waals surface area contributed by atoms with E-state index in [2.05, 4.69) is 0 Å². The van der Waals surface area contributed by atoms with Gasteiger partial charge in [0.1, 0.15) is 17.7 Å². The van der Waals surface area contributed by atoms with Crippen LogP contribution in [-0.2, 0) is 0 Å². The van der Waals surface area contributed by atoms with Gasteiger partial charge in [0, 0.05) is 5.92 Å². The summed E-state index contributed by atoms with van der Waals surface area (Å²) in [5, 5.41) is 8.94. The molecule has 0 unspecified atom stereocenters. The van der Waals surface area contributed by atoms with Gasteiger partial charge in [0.05, 0.1) is 10.6 Å². The van der Waals surface area contributed by atoms with Gasteiger partial charge in [-0.3, -0.25) is 0 Å². The molecule has 0 spiro atoms. The van der Waals surface area contributed by atoms with Crippen LogP contribution in [0.4, 0.5) is 8.78 Å². The van der Waals surface area contributed by atoms with Crippen LogP contribution >= 0.6 is 11.6 Å². The average Bonchev–Trinajstić information content (AvgIpc) is 3.42. The minimum absolute atomic E-state index is 0.00146. The number of halogens is 3. The summed E-state index contributed by atoms with van der Waals surface area (Å²) >= 11 is 5.89. The lowest BCUT2D eigenvalue weighted by Gasteiger charge is -2.11. The Morgan fingerprint density at radius 3 is 2.40 bits per heavy atom. The number of rotatable bonds is 4. The van der Waals surface area contributed by atoms with Gasteiger partial charge in [-0.2, -0.15) is 5.26 Å². The van der Waals surface area contributed by atoms with E-state index in [4.69, 9.17) is 16.9 Å². The third kappa shape index (κ3) is 3.87. The predicted octanol–water partition coefficient (Wildman–Crippen LogP) is 6.16. The Hall–Kier alpha value is -2.70. The van der Waals surface area contributed by atoms with Gasteiger partial charge in [0.25, 0.3) is 0 Å². The van der Waals surface area contributed by atoms with Crippen LogP contribution in [0.5, 0.6) is 0 Å². The molecule has 1 nitrogen and oxygen atoms in total. The van der Waals surface area contributed by atoms with Crippen molar-refractivity contribution < 1.29 is 8.78 Å². The summed E-state index contributed by atoms with van der Waals surface area (Å²) in [7, 11) is 0. The van der Waals surface area contributed by atoms with E-state index in [1.165, 1.54) is 18.2 Å². The molecule has 2 aromatic rings. The number of hydrogen-bond donors (Lipinski definition) is 0. The molecule has 1 aliphatic rings. The van der Waals surface area contributed by atoms with E-state index in [-0.39, 0.29) is 10.6 Å². The third-order valence-electron chi connectivity index (χ3n) is 4.06. The van der Waals surface area contributed by atoms with E-state index in [0.717, 1.165) is 16.7 Å². The monoisotopic (exact) mass is 353 g/mol. The fraction of sp³-hybridized carbons (Fsp3) is 0.0952. The molecule has 0 heterocycles. The van der Waals surface area contributed by atoms with Crippen molar-refractivity contribution in [3.63, 3.8) is 0 Å². The standard InChI is InChI=1S/C21H14ClF2N/c1-13(15-7-9-20(23)19(22)10-15)18(8-4-14-2-3-14)16-5-6-17(12-25)21(24)11-16/h2-11,14H,1H3/b8-4-,18-13-. The molecule has 2 aromatic carbocycles. The zero-order valence-electron chi connectivity index (χ0n) is 13.4. The lowest BCUT2D eigenvalue weighted by molar-refractivity contribution is 0.623. The van der Waals surface area contributed by atoms with Crippen LogP contribution in [0.3, 0.4) is 0 Å². The summed E-state index contributed by atoms with van der Waals surface area (Å²) in [5.74, 6) is -0.745. The summed E-state index contributed by atoms with van der Waals surface area (Å²) in [6.07, 6.45) is 7.99. The van der Waals surface area contributed by atoms with Gasteiger partial charge in [0.15, 0.2) is 0 Å². The molecule has 0 saturated heterocycles. The largest absolute Gasteiger partial charge is 0.206 e. The van der Waals surface area contributed by atoms with Crippen molar-refractivity contribution in [1.29, 1.82) is 5.26 Å². The summed E-state index contributed by atoms with van der Waals surface area (Å²) < 4.78 is 27.5. The topological polar surface area (TPSA) is 23.8 Å². The van der Waals surface area contributed by atoms with Gasteiger partial charge in [-0.1, -0.05) is 48.0 Å². The number of allylic oxidation sites excluding steroid dienone is 6. The SMILES string of the molecule is C/C(=C(\C=C/C1C=C1)c1ccc(C#N)c(F)c1)c1ccc(F)c(Cl)c1. The maximum atomic E-state index is 14.1. The molecule has 124 valence electrons. The van der Waals surface area contributed by atoms with Gasteiger partial charge in [-0.05, 0) is 53.5 Å². The Bertz CT molecular complexity index is 958. The van der Waals surface area contributed by atoms with Crippen molar-refractivity contribution in [3.8, 4) is 6.07 Å². The highest BCUT2D eigenvalue weighted by Gasteiger charge is 2.12. The van der Waals surface area contributed by atoms with Crippen LogP contribution in [0.15, 0.2) is 60.7 Å². The number of nitrogens with zero attached hydrogens (tertiary/aromatic N) is 1. The van der Waals surface area contributed by atoms with E-state index < -0.39 is 11.6 Å². The van der Waals surface area contributed by atoms with Crippen LogP contribution in [0, 0.1) is 28.9 Å². The Morgan fingerprint density at radius 1 is 1.08 bits per heavy atom. The summed E-state index contributed by atoms with van der Waals surface area (Å²) in [6, 6.07) is 10.8. The maximum absolute atomic E-state index is 14.1. The van der Waals surface area contributed by atoms with E-state index in [1.54, 1.807) is 18.2 Å². The normalized spacial score (nSPS) is 14.5. The van der Waals surface area contributed by atoms with Crippen molar-refractivity contribution in [2.45, 2.75) is 6.92 Å². The quantitative estimate of drug-likeness (QED) is 0.366. The average molecular weight is 354 g/mol. The van der Waals surface area contributed by atoms with Crippen LogP contribution < -0.4 is 0 Å². The molecule has 0 bridgehead atoms. The van der Waals surface area contributed by atoms with Gasteiger partial charge >= 0.3 is 0 Å². The first-order valence-corrected chi connectivity index (χ1v) is 8.10. The van der Waals surface area contributed by atoms with E-state index in [9.17, 15) is 8.78 Å². The number of hydrogen-bond acceptors (Lipinski definition) is 1. The molecular weight excluding hydrogens is 340 g/mol. The fourth-order valence-corrected chi connectivity index (χ4v) is 2.68. The fourth-order valence-electron chi connectivity index (χ4n) is 2.50. The summed E-state index contributed by atoms with van der Waals surface area (Å²) in [6.45, 7) is 1.87. The van der Waals surface area contributed by atoms with Crippen LogP contribution in [0.1, 0.15) is 23.6 Å². The third-order valence-corrected chi connectivity index (χ3v) is 4.35. The molecule has 0 aliphatic heterocycles. The smallest absolute Gasteiger partial charge is 0.141 e. The molecule has 1 aliphatic carbocycles. The Labute approximate surface area is 150 Å². The van der Waals surface area contributed by atoms with Crippen molar-refractivity contribution in [2.24, 2.45) is 5.92 Å². The highest BCUT2D eigenvalue weighted by atomic mass is 35.5. The highest BCUT2D eigenvalue weighted by Crippen LogP contribution is 2.31. The second kappa shape index (κ2) is 7.04. The summed E-state index contributed by atoms with van der Waals surface area (Å²) in [5.41, 5.74) is 3.02. The Morgan fingerprint density at radius 2 is 1.80 bits per heavy atom. The molecule has 0 radical (unpaired) electrons. The van der Waals surface area contributed by atoms with Crippen LogP contribution in [0.2, 0.25) is 5.02 Å². The molecule has 0 amide bonds. The van der Waals surface area contributed by atoms with Crippen molar-refractivity contribution in [2.75, 3.05) is 0 Å². The maximum Gasteiger partial charge on any atom is 0.141 e. The van der Waals surface area contributed by atoms with Crippen molar-refractivity contribution >= 4 is 22.7 Å². The minimum atomic E-state index is -0.569. The van der Waals surface area contributed by atoms with Gasteiger partial charge in [0.2, 0.25) is 0 Å². The first kappa shape index (κ1) is 17.1. The predicted molar refractivity (Wildman–Crippen MR) is 96.8 cm³/mol. The van der Waals surface area contributed by atoms with Crippen molar-refractivity contribution in [3.05, 3.63) is 94.0 Å². The Balaban J connectivity index is 2.11. The lowest BCUT2D eigenvalue weighted by atomic mass is 9.94. The van der Waals surface area contributed by atoms with Crippen molar-refractivity contribution in [1.82, 2.24) is 0 Å². The van der Waals surface area contributed by atoms with Gasteiger partial charge in [-0.15, -0.1) is 0 Å². The molecule has 25 heavy (non-hydrogen) atoms. The second-order valence-corrected chi connectivity index (χ2v) is 6.20. The number of nitriles is 1. The van der Waals surface area contributed by atoms with E-state index in [0.29, 0.717) is 11.5 Å². The first-order chi connectivity index (χ1) is 12.0. The molecule has 0 aromatic heterocycles. The Kier molecular flexibility index (Phi) is 4.83. The molecule has 0 saturated carbocycles. The minimum Gasteiger partial charge on any atom is -0.206 e. The summed E-state index contributed by atoms with van der Waals surface area (Å²) in [4.78, 5) is 0. The van der Waals surface area contributed by atoms with E-state index in [1.807, 2.05) is 37.3 Å². The molecule has 0 atom stereocenters. The molecule has 3 rings (SSSR count).